The first kappa shape index (κ1) is 19.2. The zero-order chi connectivity index (χ0) is 19.9. The molecule has 9 heteroatoms. The van der Waals surface area contributed by atoms with E-state index in [0.29, 0.717) is 40.8 Å². The fourth-order valence-electron chi connectivity index (χ4n) is 2.36. The maximum atomic E-state index is 14.1. The number of ether oxygens (including phenoxy) is 2. The van der Waals surface area contributed by atoms with Gasteiger partial charge in [-0.15, -0.1) is 0 Å². The fraction of sp³-hybridized carbons (Fsp3) is 0.158. The van der Waals surface area contributed by atoms with E-state index in [1.807, 2.05) is 0 Å². The van der Waals surface area contributed by atoms with Crippen molar-refractivity contribution >= 4 is 28.8 Å². The average Bonchev–Trinajstić information content (AvgIpc) is 2.67. The molecule has 1 heterocycles. The molecule has 0 saturated heterocycles. The molecule has 2 aromatic carbocycles. The molecule has 0 amide bonds. The molecule has 3 rings (SSSR count). The summed E-state index contributed by atoms with van der Waals surface area (Å²) in [6.07, 6.45) is 0.798. The molecule has 0 aliphatic carbocycles. The van der Waals surface area contributed by atoms with Crippen LogP contribution in [0.3, 0.4) is 0 Å². The van der Waals surface area contributed by atoms with Crippen molar-refractivity contribution in [2.75, 3.05) is 36.7 Å². The van der Waals surface area contributed by atoms with Gasteiger partial charge in [-0.05, 0) is 47.4 Å². The number of aromatic nitrogens is 2. The topological polar surface area (TPSA) is 108 Å². The summed E-state index contributed by atoms with van der Waals surface area (Å²) in [5, 5.41) is 17.7. The molecule has 0 atom stereocenters. The third-order valence-electron chi connectivity index (χ3n) is 3.70. The quantitative estimate of drug-likeness (QED) is 0.237. The van der Waals surface area contributed by atoms with Crippen LogP contribution in [0.2, 0.25) is 0 Å². The molecule has 146 valence electrons. The van der Waals surface area contributed by atoms with E-state index in [4.69, 9.17) is 15.2 Å². The number of hydrogen-bond donors (Lipinski definition) is 3. The number of nitrogens with zero attached hydrogens (tertiary/aromatic N) is 2. The number of nitrogens with one attached hydrogen (secondary N) is 2. The number of nitrogen functional groups attached to an aromatic ring is 1. The Bertz CT molecular complexity index is 937. The molecule has 3 aromatic rings. The van der Waals surface area contributed by atoms with E-state index in [1.54, 1.807) is 55.6 Å². The maximum absolute atomic E-state index is 14.1. The van der Waals surface area contributed by atoms with Gasteiger partial charge in [-0.2, -0.15) is 4.39 Å². The average molecular weight is 385 g/mol. The van der Waals surface area contributed by atoms with Crippen LogP contribution >= 0.6 is 0 Å². The Balaban J connectivity index is 1.74. The molecule has 28 heavy (non-hydrogen) atoms. The van der Waals surface area contributed by atoms with Crippen LogP contribution in [0.5, 0.6) is 5.75 Å². The summed E-state index contributed by atoms with van der Waals surface area (Å²) in [6.45, 7) is 0.918. The number of rotatable bonds is 8. The van der Waals surface area contributed by atoms with E-state index in [-0.39, 0.29) is 11.8 Å². The van der Waals surface area contributed by atoms with E-state index in [9.17, 15) is 9.60 Å². The summed E-state index contributed by atoms with van der Waals surface area (Å²) in [5.41, 5.74) is 7.39. The van der Waals surface area contributed by atoms with Crippen molar-refractivity contribution in [2.24, 2.45) is 0 Å². The summed E-state index contributed by atoms with van der Waals surface area (Å²) in [6, 6.07) is 13.7. The van der Waals surface area contributed by atoms with Crippen molar-refractivity contribution in [2.45, 2.75) is 0 Å². The van der Waals surface area contributed by atoms with Crippen molar-refractivity contribution < 1.29 is 18.6 Å². The lowest BCUT2D eigenvalue weighted by atomic mass is 10.3. The third-order valence-corrected chi connectivity index (χ3v) is 3.70. The van der Waals surface area contributed by atoms with E-state index < -0.39 is 5.82 Å². The molecular formula is C19H20FN5O3. The van der Waals surface area contributed by atoms with Crippen molar-refractivity contribution in [3.05, 3.63) is 65.8 Å². The van der Waals surface area contributed by atoms with Crippen LogP contribution < -0.4 is 25.8 Å². The van der Waals surface area contributed by atoms with E-state index in [2.05, 4.69) is 15.6 Å². The van der Waals surface area contributed by atoms with Crippen LogP contribution in [0, 0.1) is 11.0 Å². The van der Waals surface area contributed by atoms with Gasteiger partial charge in [-0.3, -0.25) is 0 Å². The summed E-state index contributed by atoms with van der Waals surface area (Å²) in [5.74, 6) is -0.306. The van der Waals surface area contributed by atoms with Gasteiger partial charge in [0, 0.05) is 18.5 Å². The van der Waals surface area contributed by atoms with Gasteiger partial charge in [0.15, 0.2) is 0 Å². The Morgan fingerprint density at radius 2 is 1.89 bits per heavy atom. The first-order valence-electron chi connectivity index (χ1n) is 8.46. The van der Waals surface area contributed by atoms with Gasteiger partial charge in [0.2, 0.25) is 11.6 Å². The number of methoxy groups -OCH3 is 1. The highest BCUT2D eigenvalue weighted by atomic mass is 19.1. The molecular weight excluding hydrogens is 365 g/mol. The summed E-state index contributed by atoms with van der Waals surface area (Å²) < 4.78 is 24.9. The molecule has 0 aliphatic rings. The number of hydrogen-bond acceptors (Lipinski definition) is 7. The minimum Gasteiger partial charge on any atom is -0.740 e. The minimum absolute atomic E-state index is 0.0825. The molecule has 0 bridgehead atoms. The smallest absolute Gasteiger partial charge is 0.399 e. The zero-order valence-corrected chi connectivity index (χ0v) is 15.2. The molecule has 0 radical (unpaired) electrons. The largest absolute Gasteiger partial charge is 0.740 e. The second-order valence-electron chi connectivity index (χ2n) is 5.83. The number of benzene rings is 2. The van der Waals surface area contributed by atoms with E-state index in [1.165, 1.54) is 0 Å². The van der Waals surface area contributed by atoms with Gasteiger partial charge >= 0.3 is 5.95 Å². The SMILES string of the molecule is COCCOc1ccc(Nc2nc(Nc3cccc(N)c3)c(F)c[n+]2[O-])cc1. The standard InChI is InChI=1S/C19H20FN5O3/c1-27-9-10-28-16-7-5-14(6-8-16)23-19-24-18(17(20)12-25(19)26)22-15-4-2-3-13(21)11-15/h2-8,11-12H,9-10,21H2,1H3,(H2,22,23,24). The van der Waals surface area contributed by atoms with Crippen LogP contribution in [-0.4, -0.2) is 25.3 Å². The second kappa shape index (κ2) is 8.87. The lowest BCUT2D eigenvalue weighted by Crippen LogP contribution is -2.32. The first-order chi connectivity index (χ1) is 13.5. The van der Waals surface area contributed by atoms with Crippen LogP contribution in [-0.2, 0) is 4.74 Å². The Morgan fingerprint density at radius 1 is 1.11 bits per heavy atom. The van der Waals surface area contributed by atoms with Crippen molar-refractivity contribution in [3.63, 3.8) is 0 Å². The minimum atomic E-state index is -0.787. The molecule has 4 N–H and O–H groups in total. The fourth-order valence-corrected chi connectivity index (χ4v) is 2.36. The lowest BCUT2D eigenvalue weighted by Gasteiger charge is -2.11. The van der Waals surface area contributed by atoms with Gasteiger partial charge in [0.1, 0.15) is 18.6 Å². The van der Waals surface area contributed by atoms with Crippen LogP contribution in [0.4, 0.5) is 33.2 Å². The number of halogens is 1. The Morgan fingerprint density at radius 3 is 2.61 bits per heavy atom. The summed E-state index contributed by atoms with van der Waals surface area (Å²) in [4.78, 5) is 4.04. The molecule has 1 aromatic heterocycles. The molecule has 0 spiro atoms. The van der Waals surface area contributed by atoms with Gasteiger partial charge in [-0.1, -0.05) is 6.07 Å². The highest BCUT2D eigenvalue weighted by Crippen LogP contribution is 2.22. The van der Waals surface area contributed by atoms with Gasteiger partial charge in [-0.25, -0.2) is 10.0 Å². The number of anilines is 5. The molecule has 0 unspecified atom stereocenters. The van der Waals surface area contributed by atoms with Crippen LogP contribution in [0.1, 0.15) is 0 Å². The van der Waals surface area contributed by atoms with Crippen LogP contribution in [0.15, 0.2) is 54.7 Å². The first-order valence-corrected chi connectivity index (χ1v) is 8.46. The summed E-state index contributed by atoms with van der Waals surface area (Å²) in [7, 11) is 1.60. The normalized spacial score (nSPS) is 10.5. The number of nitrogens with two attached hydrogens (primary N) is 1. The van der Waals surface area contributed by atoms with E-state index >= 15 is 0 Å². The third kappa shape index (κ3) is 4.98. The summed E-state index contributed by atoms with van der Waals surface area (Å²) >= 11 is 0. The molecule has 0 fully saturated rings. The maximum Gasteiger partial charge on any atom is 0.399 e. The Hall–Kier alpha value is -3.59. The molecule has 0 aliphatic heterocycles. The van der Waals surface area contributed by atoms with Gasteiger partial charge in [0.05, 0.1) is 12.3 Å². The predicted molar refractivity (Wildman–Crippen MR) is 104 cm³/mol. The monoisotopic (exact) mass is 385 g/mol. The molecule has 0 saturated carbocycles. The van der Waals surface area contributed by atoms with E-state index in [0.717, 1.165) is 6.20 Å². The Kier molecular flexibility index (Phi) is 6.07. The highest BCUT2D eigenvalue weighted by Gasteiger charge is 2.16. The van der Waals surface area contributed by atoms with Crippen LogP contribution in [0.25, 0.3) is 0 Å². The van der Waals surface area contributed by atoms with Gasteiger partial charge in [0.25, 0.3) is 0 Å². The van der Waals surface area contributed by atoms with Gasteiger partial charge < -0.3 is 25.7 Å². The van der Waals surface area contributed by atoms with Crippen molar-refractivity contribution in [1.29, 1.82) is 0 Å². The van der Waals surface area contributed by atoms with Crippen molar-refractivity contribution in [3.8, 4) is 5.75 Å². The molecule has 8 nitrogen and oxygen atoms in total. The highest BCUT2D eigenvalue weighted by molar-refractivity contribution is 5.62. The Labute approximate surface area is 161 Å². The van der Waals surface area contributed by atoms with Crippen molar-refractivity contribution in [1.82, 2.24) is 4.98 Å². The second-order valence-corrected chi connectivity index (χ2v) is 5.83. The predicted octanol–water partition coefficient (Wildman–Crippen LogP) is 2.95. The lowest BCUT2D eigenvalue weighted by molar-refractivity contribution is -0.594. The zero-order valence-electron chi connectivity index (χ0n) is 15.2.